The highest BCUT2D eigenvalue weighted by Crippen LogP contribution is 2.26. The molecule has 1 aromatic carbocycles. The number of aromatic nitrogens is 4. The van der Waals surface area contributed by atoms with Crippen molar-refractivity contribution in [3.05, 3.63) is 56.7 Å². The van der Waals surface area contributed by atoms with Crippen molar-refractivity contribution in [3.8, 4) is 0 Å². The quantitative estimate of drug-likeness (QED) is 0.734. The molecule has 8 nitrogen and oxygen atoms in total. The summed E-state index contributed by atoms with van der Waals surface area (Å²) in [4.78, 5) is 31.9. The van der Waals surface area contributed by atoms with E-state index in [-0.39, 0.29) is 6.54 Å². The Morgan fingerprint density at radius 2 is 1.74 bits per heavy atom. The first-order chi connectivity index (χ1) is 13.0. The Morgan fingerprint density at radius 1 is 1.07 bits per heavy atom. The van der Waals surface area contributed by atoms with Gasteiger partial charge in [0.2, 0.25) is 5.95 Å². The molecular weight excluding hydrogens is 346 g/mol. The highest BCUT2D eigenvalue weighted by molar-refractivity contribution is 5.74. The second-order valence-corrected chi connectivity index (χ2v) is 7.02. The Bertz CT molecular complexity index is 1090. The topological polar surface area (TPSA) is 85.3 Å². The van der Waals surface area contributed by atoms with Crippen molar-refractivity contribution in [1.82, 2.24) is 18.7 Å². The van der Waals surface area contributed by atoms with Crippen LogP contribution in [0, 0.1) is 0 Å². The monoisotopic (exact) mass is 369 g/mol. The van der Waals surface area contributed by atoms with Gasteiger partial charge < -0.3 is 14.6 Å². The van der Waals surface area contributed by atoms with Crippen LogP contribution in [0.2, 0.25) is 0 Å². The third-order valence-electron chi connectivity index (χ3n) is 5.26. The molecule has 1 atom stereocenters. The van der Waals surface area contributed by atoms with Crippen LogP contribution in [0.1, 0.15) is 24.5 Å². The van der Waals surface area contributed by atoms with Crippen molar-refractivity contribution >= 4 is 17.1 Å². The van der Waals surface area contributed by atoms with Crippen LogP contribution < -0.4 is 16.1 Å². The lowest BCUT2D eigenvalue weighted by Gasteiger charge is -2.20. The molecule has 0 radical (unpaired) electrons. The number of imidazole rings is 1. The van der Waals surface area contributed by atoms with E-state index < -0.39 is 17.4 Å². The summed E-state index contributed by atoms with van der Waals surface area (Å²) in [5.74, 6) is 0.635. The SMILES string of the molecule is Cn1c(=O)c2c(nc(N3CCCC3)n2CC(O)c2ccccc2)n(C)c1=O. The number of anilines is 1. The summed E-state index contributed by atoms with van der Waals surface area (Å²) in [5, 5.41) is 10.8. The largest absolute Gasteiger partial charge is 0.387 e. The zero-order valence-electron chi connectivity index (χ0n) is 15.5. The molecule has 0 spiro atoms. The normalized spacial score (nSPS) is 15.6. The third-order valence-corrected chi connectivity index (χ3v) is 5.26. The van der Waals surface area contributed by atoms with E-state index in [1.807, 2.05) is 30.3 Å². The lowest BCUT2D eigenvalue weighted by Crippen LogP contribution is -2.37. The number of nitrogens with zero attached hydrogens (tertiary/aromatic N) is 5. The fourth-order valence-electron chi connectivity index (χ4n) is 3.72. The Morgan fingerprint density at radius 3 is 2.41 bits per heavy atom. The van der Waals surface area contributed by atoms with Gasteiger partial charge in [-0.2, -0.15) is 4.98 Å². The fourth-order valence-corrected chi connectivity index (χ4v) is 3.72. The molecule has 0 saturated carbocycles. The minimum atomic E-state index is -0.785. The highest BCUT2D eigenvalue weighted by Gasteiger charge is 2.25. The van der Waals surface area contributed by atoms with E-state index in [0.29, 0.717) is 17.1 Å². The van der Waals surface area contributed by atoms with Crippen molar-refractivity contribution in [2.24, 2.45) is 14.1 Å². The van der Waals surface area contributed by atoms with Crippen molar-refractivity contribution in [1.29, 1.82) is 0 Å². The Labute approximate surface area is 155 Å². The number of hydrogen-bond donors (Lipinski definition) is 1. The Hall–Kier alpha value is -2.87. The first kappa shape index (κ1) is 17.5. The summed E-state index contributed by atoms with van der Waals surface area (Å²) in [6.45, 7) is 1.89. The van der Waals surface area contributed by atoms with Crippen LogP contribution in [0.25, 0.3) is 11.2 Å². The van der Waals surface area contributed by atoms with Crippen LogP contribution in [0.15, 0.2) is 39.9 Å². The molecule has 1 unspecified atom stereocenters. The van der Waals surface area contributed by atoms with E-state index in [2.05, 4.69) is 9.88 Å². The van der Waals surface area contributed by atoms with E-state index in [0.717, 1.165) is 36.1 Å². The maximum Gasteiger partial charge on any atom is 0.332 e. The number of benzene rings is 1. The number of hydrogen-bond acceptors (Lipinski definition) is 5. The maximum absolute atomic E-state index is 12.9. The number of fused-ring (bicyclic) bond motifs is 1. The van der Waals surface area contributed by atoms with Gasteiger partial charge >= 0.3 is 5.69 Å². The molecule has 1 aliphatic rings. The standard InChI is InChI=1S/C19H23N5O3/c1-21-16-15(17(26)22(2)19(21)27)24(18(20-16)23-10-6-7-11-23)12-14(25)13-8-4-3-5-9-13/h3-5,8-9,14,25H,6-7,10-12H2,1-2H3. The maximum atomic E-state index is 12.9. The van der Waals surface area contributed by atoms with Gasteiger partial charge in [-0.15, -0.1) is 0 Å². The summed E-state index contributed by atoms with van der Waals surface area (Å²) in [7, 11) is 3.08. The number of aryl methyl sites for hydroxylation is 1. The summed E-state index contributed by atoms with van der Waals surface area (Å²) < 4.78 is 4.24. The van der Waals surface area contributed by atoms with Crippen LogP contribution in [-0.4, -0.2) is 36.9 Å². The lowest BCUT2D eigenvalue weighted by molar-refractivity contribution is 0.158. The fraction of sp³-hybridized carbons (Fsp3) is 0.421. The van der Waals surface area contributed by atoms with Crippen molar-refractivity contribution in [2.75, 3.05) is 18.0 Å². The predicted octanol–water partition coefficient (Wildman–Crippen LogP) is 0.767. The predicted molar refractivity (Wildman–Crippen MR) is 103 cm³/mol. The summed E-state index contributed by atoms with van der Waals surface area (Å²) in [6.07, 6.45) is 1.33. The van der Waals surface area contributed by atoms with Crippen LogP contribution in [0.4, 0.5) is 5.95 Å². The first-order valence-electron chi connectivity index (χ1n) is 9.13. The molecular formula is C19H23N5O3. The van der Waals surface area contributed by atoms with Gasteiger partial charge in [0.1, 0.15) is 0 Å². The summed E-state index contributed by atoms with van der Waals surface area (Å²) in [5.41, 5.74) is 0.662. The van der Waals surface area contributed by atoms with Crippen LogP contribution in [0.5, 0.6) is 0 Å². The molecule has 4 rings (SSSR count). The minimum absolute atomic E-state index is 0.194. The Balaban J connectivity index is 1.92. The van der Waals surface area contributed by atoms with Gasteiger partial charge in [-0.1, -0.05) is 30.3 Å². The average Bonchev–Trinajstić information content (AvgIpc) is 3.33. The number of aliphatic hydroxyl groups excluding tert-OH is 1. The number of aliphatic hydroxyl groups is 1. The highest BCUT2D eigenvalue weighted by atomic mass is 16.3. The van der Waals surface area contributed by atoms with Crippen LogP contribution in [-0.2, 0) is 20.6 Å². The molecule has 142 valence electrons. The molecule has 1 fully saturated rings. The van der Waals surface area contributed by atoms with E-state index in [1.165, 1.54) is 11.6 Å². The average molecular weight is 369 g/mol. The Kier molecular flexibility index (Phi) is 4.35. The molecule has 8 heteroatoms. The smallest absolute Gasteiger partial charge is 0.332 e. The molecule has 3 aromatic rings. The van der Waals surface area contributed by atoms with E-state index in [4.69, 9.17) is 0 Å². The second kappa shape index (κ2) is 6.70. The first-order valence-corrected chi connectivity index (χ1v) is 9.13. The molecule has 0 aliphatic carbocycles. The molecule has 0 amide bonds. The molecule has 0 bridgehead atoms. The van der Waals surface area contributed by atoms with Gasteiger partial charge in [0, 0.05) is 27.2 Å². The van der Waals surface area contributed by atoms with Gasteiger partial charge in [0.05, 0.1) is 12.6 Å². The van der Waals surface area contributed by atoms with Gasteiger partial charge in [-0.05, 0) is 18.4 Å². The van der Waals surface area contributed by atoms with Gasteiger partial charge in [0.25, 0.3) is 5.56 Å². The lowest BCUT2D eigenvalue weighted by atomic mass is 10.1. The van der Waals surface area contributed by atoms with E-state index in [9.17, 15) is 14.7 Å². The molecule has 1 aliphatic heterocycles. The molecule has 3 heterocycles. The van der Waals surface area contributed by atoms with Crippen molar-refractivity contribution in [3.63, 3.8) is 0 Å². The zero-order chi connectivity index (χ0) is 19.1. The van der Waals surface area contributed by atoms with Gasteiger partial charge in [-0.3, -0.25) is 13.9 Å². The van der Waals surface area contributed by atoms with Crippen molar-refractivity contribution in [2.45, 2.75) is 25.5 Å². The minimum Gasteiger partial charge on any atom is -0.387 e. The summed E-state index contributed by atoms with van der Waals surface area (Å²) in [6, 6.07) is 9.34. The van der Waals surface area contributed by atoms with Gasteiger partial charge in [-0.25, -0.2) is 4.79 Å². The van der Waals surface area contributed by atoms with E-state index in [1.54, 1.807) is 11.6 Å². The third kappa shape index (κ3) is 2.86. The van der Waals surface area contributed by atoms with Gasteiger partial charge in [0.15, 0.2) is 11.2 Å². The molecule has 1 saturated heterocycles. The second-order valence-electron chi connectivity index (χ2n) is 7.02. The van der Waals surface area contributed by atoms with E-state index >= 15 is 0 Å². The van der Waals surface area contributed by atoms with Crippen LogP contribution in [0.3, 0.4) is 0 Å². The zero-order valence-corrected chi connectivity index (χ0v) is 15.5. The van der Waals surface area contributed by atoms with Crippen molar-refractivity contribution < 1.29 is 5.11 Å². The van der Waals surface area contributed by atoms with Crippen LogP contribution >= 0.6 is 0 Å². The molecule has 1 N–H and O–H groups in total. The summed E-state index contributed by atoms with van der Waals surface area (Å²) >= 11 is 0. The molecule has 27 heavy (non-hydrogen) atoms. The number of rotatable bonds is 4. The molecule has 2 aromatic heterocycles.